The highest BCUT2D eigenvalue weighted by Gasteiger charge is 2.30. The zero-order chi connectivity index (χ0) is 71.2. The summed E-state index contributed by atoms with van der Waals surface area (Å²) in [4.78, 5) is 72.8. The Balaban J connectivity index is 5.18. The predicted octanol–water partition coefficient (Wildman–Crippen LogP) is 23.3. The van der Waals surface area contributed by atoms with Crippen molar-refractivity contribution in [1.29, 1.82) is 0 Å². The zero-order valence-electron chi connectivity index (χ0n) is 63.2. The van der Waals surface area contributed by atoms with Crippen molar-refractivity contribution in [3.8, 4) is 0 Å². The molecule has 576 valence electrons. The highest BCUT2D eigenvalue weighted by Crippen LogP contribution is 2.45. The van der Waals surface area contributed by atoms with Crippen LogP contribution in [0.5, 0.6) is 0 Å². The van der Waals surface area contributed by atoms with Crippen LogP contribution in [0, 0.1) is 5.92 Å². The van der Waals surface area contributed by atoms with Crippen LogP contribution in [0.3, 0.4) is 0 Å². The van der Waals surface area contributed by atoms with E-state index < -0.39 is 97.5 Å². The van der Waals surface area contributed by atoms with E-state index in [9.17, 15) is 43.2 Å². The molecule has 0 aliphatic rings. The number of rotatable bonds is 78. The van der Waals surface area contributed by atoms with Gasteiger partial charge in [-0.25, -0.2) is 9.13 Å². The van der Waals surface area contributed by atoms with E-state index in [0.29, 0.717) is 25.7 Å². The summed E-state index contributed by atoms with van der Waals surface area (Å²) >= 11 is 0. The van der Waals surface area contributed by atoms with E-state index in [2.05, 4.69) is 34.6 Å². The molecule has 17 nitrogen and oxygen atoms in total. The summed E-state index contributed by atoms with van der Waals surface area (Å²) in [7, 11) is -9.91. The third-order valence-corrected chi connectivity index (χ3v) is 20.5. The topological polar surface area (TPSA) is 237 Å². The minimum atomic E-state index is -4.96. The molecule has 0 aliphatic carbocycles. The largest absolute Gasteiger partial charge is 0.472 e. The number of aliphatic hydroxyl groups is 1. The first-order chi connectivity index (χ1) is 47.1. The predicted molar refractivity (Wildman–Crippen MR) is 395 cm³/mol. The molecular weight excluding hydrogens is 1270 g/mol. The molecule has 0 spiro atoms. The first-order valence-electron chi connectivity index (χ1n) is 40.7. The van der Waals surface area contributed by atoms with Crippen LogP contribution in [0.1, 0.15) is 413 Å². The quantitative estimate of drug-likeness (QED) is 0.0222. The second-order valence-electron chi connectivity index (χ2n) is 28.3. The van der Waals surface area contributed by atoms with Gasteiger partial charge in [0.2, 0.25) is 0 Å². The Morgan fingerprint density at radius 2 is 0.495 bits per heavy atom. The van der Waals surface area contributed by atoms with Gasteiger partial charge in [0.1, 0.15) is 19.3 Å². The van der Waals surface area contributed by atoms with Gasteiger partial charge < -0.3 is 33.8 Å². The van der Waals surface area contributed by atoms with E-state index in [1.807, 2.05) is 0 Å². The fourth-order valence-electron chi connectivity index (χ4n) is 12.0. The van der Waals surface area contributed by atoms with Crippen LogP contribution < -0.4 is 0 Å². The second-order valence-corrected chi connectivity index (χ2v) is 31.3. The Kier molecular flexibility index (Phi) is 69.6. The van der Waals surface area contributed by atoms with Gasteiger partial charge in [-0.1, -0.05) is 362 Å². The number of ether oxygens (including phenoxy) is 4. The van der Waals surface area contributed by atoms with Crippen molar-refractivity contribution in [1.82, 2.24) is 0 Å². The van der Waals surface area contributed by atoms with E-state index in [1.165, 1.54) is 231 Å². The summed E-state index contributed by atoms with van der Waals surface area (Å²) in [6.45, 7) is 7.26. The zero-order valence-corrected chi connectivity index (χ0v) is 65.0. The monoisotopic (exact) mass is 1420 g/mol. The van der Waals surface area contributed by atoms with Gasteiger partial charge in [-0.2, -0.15) is 0 Å². The van der Waals surface area contributed by atoms with Gasteiger partial charge in [-0.3, -0.25) is 37.3 Å². The highest BCUT2D eigenvalue weighted by molar-refractivity contribution is 7.47. The van der Waals surface area contributed by atoms with Crippen LogP contribution in [0.4, 0.5) is 0 Å². The van der Waals surface area contributed by atoms with Gasteiger partial charge in [0.25, 0.3) is 0 Å². The average molecular weight is 1420 g/mol. The summed E-state index contributed by atoms with van der Waals surface area (Å²) in [5, 5.41) is 10.6. The Hall–Kier alpha value is -1.94. The van der Waals surface area contributed by atoms with Gasteiger partial charge in [0.05, 0.1) is 26.4 Å². The van der Waals surface area contributed by atoms with Crippen LogP contribution in [0.15, 0.2) is 0 Å². The fraction of sp³-hybridized carbons (Fsp3) is 0.949. The molecule has 6 atom stereocenters. The molecule has 0 heterocycles. The molecule has 0 aliphatic heterocycles. The molecule has 3 N–H and O–H groups in total. The molecule has 3 unspecified atom stereocenters. The smallest absolute Gasteiger partial charge is 0.462 e. The number of esters is 4. The van der Waals surface area contributed by atoms with Gasteiger partial charge in [-0.05, 0) is 31.6 Å². The highest BCUT2D eigenvalue weighted by atomic mass is 31.2. The van der Waals surface area contributed by atoms with Crippen molar-refractivity contribution in [3.05, 3.63) is 0 Å². The first-order valence-corrected chi connectivity index (χ1v) is 43.7. The molecule has 0 aromatic carbocycles. The standard InChI is InChI=1S/C78H152O17P2/c1-6-10-13-16-19-22-25-28-29-30-31-32-33-34-35-36-38-41-44-47-54-59-64-78(83)94-73(67-88-75(80)61-56-51-45-42-40-37-26-23-20-17-14-11-7-2)69-92-96(84,85)90-65-72(79)66-91-97(86,87)93-70-74(68-89-76(81)62-57-52-49-48-50-55-60-71(5)9-4)95-77(82)63-58-53-46-43-39-27-24-21-18-15-12-8-3/h71-74,79H,6-70H2,1-5H3,(H,84,85)(H,86,87)/t71?,72-,73-,74-/m1/s1. The third kappa shape index (κ3) is 70.9. The fourth-order valence-corrected chi connectivity index (χ4v) is 13.6. The number of unbranched alkanes of at least 4 members (excludes halogenated alkanes) is 49. The first kappa shape index (κ1) is 95.1. The molecule has 0 saturated carbocycles. The van der Waals surface area contributed by atoms with Gasteiger partial charge in [-0.15, -0.1) is 0 Å². The van der Waals surface area contributed by atoms with Crippen molar-refractivity contribution in [2.24, 2.45) is 5.92 Å². The van der Waals surface area contributed by atoms with E-state index in [4.69, 9.17) is 37.0 Å². The third-order valence-electron chi connectivity index (χ3n) is 18.6. The van der Waals surface area contributed by atoms with Crippen molar-refractivity contribution in [3.63, 3.8) is 0 Å². The van der Waals surface area contributed by atoms with Crippen molar-refractivity contribution < 1.29 is 80.2 Å². The maximum Gasteiger partial charge on any atom is 0.472 e. The number of hydrogen-bond acceptors (Lipinski definition) is 15. The second kappa shape index (κ2) is 71.1. The lowest BCUT2D eigenvalue weighted by molar-refractivity contribution is -0.161. The van der Waals surface area contributed by atoms with Crippen molar-refractivity contribution >= 4 is 39.5 Å². The van der Waals surface area contributed by atoms with Crippen LogP contribution in [-0.2, 0) is 65.4 Å². The maximum absolute atomic E-state index is 13.1. The number of phosphoric ester groups is 2. The molecule has 0 radical (unpaired) electrons. The van der Waals surface area contributed by atoms with Crippen LogP contribution in [-0.4, -0.2) is 96.7 Å². The molecule has 0 aromatic rings. The van der Waals surface area contributed by atoms with E-state index in [-0.39, 0.29) is 25.7 Å². The van der Waals surface area contributed by atoms with Crippen molar-refractivity contribution in [2.45, 2.75) is 432 Å². The lowest BCUT2D eigenvalue weighted by Gasteiger charge is -2.21. The SMILES string of the molecule is CCCCCCCCCCCCCCCCCCCCCCCCC(=O)O[C@H](COC(=O)CCCCCCCCCCCCCCC)COP(=O)(O)OC[C@@H](O)COP(=O)(O)OC[C@@H](COC(=O)CCCCCCCCC(C)CC)OC(=O)CCCCCCCCCCCCCC. The lowest BCUT2D eigenvalue weighted by Crippen LogP contribution is -2.30. The summed E-state index contributed by atoms with van der Waals surface area (Å²) in [5.74, 6) is -1.38. The molecule has 19 heteroatoms. The van der Waals surface area contributed by atoms with Crippen molar-refractivity contribution in [2.75, 3.05) is 39.6 Å². The molecule has 0 saturated heterocycles. The van der Waals surface area contributed by atoms with Crippen LogP contribution in [0.2, 0.25) is 0 Å². The number of phosphoric acid groups is 2. The van der Waals surface area contributed by atoms with Crippen LogP contribution in [0.25, 0.3) is 0 Å². The maximum atomic E-state index is 13.1. The number of carbonyl (C=O) groups is 4. The molecule has 0 amide bonds. The average Bonchev–Trinajstić information content (AvgIpc) is 2.76. The summed E-state index contributed by atoms with van der Waals surface area (Å²) in [5.41, 5.74) is 0. The van der Waals surface area contributed by atoms with Gasteiger partial charge >= 0.3 is 39.5 Å². The van der Waals surface area contributed by atoms with E-state index >= 15 is 0 Å². The Morgan fingerprint density at radius 1 is 0.289 bits per heavy atom. The normalized spacial score (nSPS) is 14.2. The Bertz CT molecular complexity index is 1860. The Labute approximate surface area is 594 Å². The molecule has 0 aromatic heterocycles. The summed E-state index contributed by atoms with van der Waals surface area (Å²) in [6.07, 6.45) is 61.1. The summed E-state index contributed by atoms with van der Waals surface area (Å²) < 4.78 is 68.6. The summed E-state index contributed by atoms with van der Waals surface area (Å²) in [6, 6.07) is 0. The Morgan fingerprint density at radius 3 is 0.732 bits per heavy atom. The molecule has 0 bridgehead atoms. The minimum Gasteiger partial charge on any atom is -0.462 e. The number of aliphatic hydroxyl groups excluding tert-OH is 1. The van der Waals surface area contributed by atoms with Gasteiger partial charge in [0, 0.05) is 25.7 Å². The minimum absolute atomic E-state index is 0.107. The lowest BCUT2D eigenvalue weighted by atomic mass is 10.00. The van der Waals surface area contributed by atoms with Crippen LogP contribution >= 0.6 is 15.6 Å². The molecule has 97 heavy (non-hydrogen) atoms. The molecule has 0 rings (SSSR count). The number of carbonyl (C=O) groups excluding carboxylic acids is 4. The van der Waals surface area contributed by atoms with E-state index in [1.54, 1.807) is 0 Å². The van der Waals surface area contributed by atoms with Gasteiger partial charge in [0.15, 0.2) is 12.2 Å². The molecular formula is C78H152O17P2. The van der Waals surface area contributed by atoms with E-state index in [0.717, 1.165) is 102 Å². The molecule has 0 fully saturated rings. The number of hydrogen-bond donors (Lipinski definition) is 3.